The van der Waals surface area contributed by atoms with E-state index in [0.717, 1.165) is 11.8 Å². The van der Waals surface area contributed by atoms with Crippen LogP contribution in [0.3, 0.4) is 0 Å². The molecule has 0 aliphatic heterocycles. The normalized spacial score (nSPS) is 11.4. The van der Waals surface area contributed by atoms with E-state index in [1.54, 1.807) is 12.1 Å². The van der Waals surface area contributed by atoms with Gasteiger partial charge in [0, 0.05) is 18.2 Å². The van der Waals surface area contributed by atoms with Crippen LogP contribution in [-0.2, 0) is 22.7 Å². The third-order valence-electron chi connectivity index (χ3n) is 3.42. The van der Waals surface area contributed by atoms with Crippen LogP contribution in [0.1, 0.15) is 28.5 Å². The minimum Gasteiger partial charge on any atom is -0.508 e. The fourth-order valence-electron chi connectivity index (χ4n) is 2.18. The molecule has 0 spiro atoms. The van der Waals surface area contributed by atoms with Crippen LogP contribution >= 0.6 is 11.6 Å². The summed E-state index contributed by atoms with van der Waals surface area (Å²) in [5.74, 6) is -0.462. The summed E-state index contributed by atoms with van der Waals surface area (Å²) in [6, 6.07) is 7.21. The van der Waals surface area contributed by atoms with Crippen LogP contribution in [0.15, 0.2) is 35.2 Å². The molecule has 2 rings (SSSR count). The number of halogens is 1. The molecule has 23 heavy (non-hydrogen) atoms. The zero-order chi connectivity index (χ0) is 17.2. The lowest BCUT2D eigenvalue weighted by molar-refractivity contribution is 0.0986. The van der Waals surface area contributed by atoms with Gasteiger partial charge in [-0.2, -0.15) is 0 Å². The predicted molar refractivity (Wildman–Crippen MR) is 87.9 cm³/mol. The van der Waals surface area contributed by atoms with E-state index in [0.29, 0.717) is 6.42 Å². The lowest BCUT2D eigenvalue weighted by atomic mass is 10.0. The minimum atomic E-state index is -3.42. The molecule has 1 heterocycles. The third kappa shape index (κ3) is 4.09. The molecular weight excluding hydrogens is 338 g/mol. The summed E-state index contributed by atoms with van der Waals surface area (Å²) < 4.78 is 23.2. The highest BCUT2D eigenvalue weighted by molar-refractivity contribution is 7.90. The van der Waals surface area contributed by atoms with Crippen molar-refractivity contribution in [2.45, 2.75) is 24.7 Å². The fraction of sp³-hybridized carbons (Fsp3) is 0.250. The maximum Gasteiger partial charge on any atom is 0.186 e. The van der Waals surface area contributed by atoms with Crippen LogP contribution in [0.2, 0.25) is 5.15 Å². The van der Waals surface area contributed by atoms with E-state index >= 15 is 0 Å². The molecular formula is C16H16ClNO4S. The number of hydrogen-bond donors (Lipinski definition) is 1. The number of pyridine rings is 1. The van der Waals surface area contributed by atoms with Crippen LogP contribution in [0, 0.1) is 0 Å². The van der Waals surface area contributed by atoms with E-state index in [9.17, 15) is 18.3 Å². The topological polar surface area (TPSA) is 84.3 Å². The SMILES string of the molecule is CCc1ccc(Cl)nc1C(=O)Cc1cc(S(C)(=O)=O)ccc1O. The number of nitrogens with zero attached hydrogens (tertiary/aromatic N) is 1. The number of sulfone groups is 1. The van der Waals surface area contributed by atoms with Crippen LogP contribution in [0.5, 0.6) is 5.75 Å². The molecule has 1 aromatic carbocycles. The molecule has 1 N–H and O–H groups in total. The van der Waals surface area contributed by atoms with Gasteiger partial charge in [0.1, 0.15) is 16.6 Å². The van der Waals surface area contributed by atoms with Gasteiger partial charge in [-0.1, -0.05) is 24.6 Å². The number of phenolic OH excluding ortho intramolecular Hbond substituents is 1. The Morgan fingerprint density at radius 1 is 1.22 bits per heavy atom. The minimum absolute atomic E-state index is 0.0490. The van der Waals surface area contributed by atoms with Gasteiger partial charge in [-0.15, -0.1) is 0 Å². The molecule has 0 amide bonds. The maximum absolute atomic E-state index is 12.5. The van der Waals surface area contributed by atoms with Gasteiger partial charge in [0.05, 0.1) is 4.90 Å². The first-order chi connectivity index (χ1) is 10.7. The number of ketones is 1. The number of aromatic nitrogens is 1. The zero-order valence-electron chi connectivity index (χ0n) is 12.7. The van der Waals surface area contributed by atoms with Crippen molar-refractivity contribution in [3.05, 3.63) is 52.3 Å². The quantitative estimate of drug-likeness (QED) is 0.660. The van der Waals surface area contributed by atoms with E-state index in [-0.39, 0.29) is 39.3 Å². The average Bonchev–Trinajstić information content (AvgIpc) is 2.48. The van der Waals surface area contributed by atoms with Crippen molar-refractivity contribution in [3.8, 4) is 5.75 Å². The van der Waals surface area contributed by atoms with Crippen molar-refractivity contribution in [3.63, 3.8) is 0 Å². The van der Waals surface area contributed by atoms with Crippen LogP contribution in [-0.4, -0.2) is 30.5 Å². The summed E-state index contributed by atoms with van der Waals surface area (Å²) >= 11 is 5.85. The van der Waals surface area contributed by atoms with Gasteiger partial charge in [-0.05, 0) is 36.2 Å². The van der Waals surface area contributed by atoms with Gasteiger partial charge in [-0.25, -0.2) is 13.4 Å². The largest absolute Gasteiger partial charge is 0.508 e. The molecule has 0 radical (unpaired) electrons. The molecule has 0 saturated heterocycles. The first-order valence-corrected chi connectivity index (χ1v) is 9.20. The summed E-state index contributed by atoms with van der Waals surface area (Å²) in [6.45, 7) is 1.89. The van der Waals surface area contributed by atoms with E-state index in [1.807, 2.05) is 6.92 Å². The Balaban J connectivity index is 2.40. The summed E-state index contributed by atoms with van der Waals surface area (Å²) in [4.78, 5) is 16.6. The fourth-order valence-corrected chi connectivity index (χ4v) is 3.00. The third-order valence-corrected chi connectivity index (χ3v) is 4.74. The first kappa shape index (κ1) is 17.4. The first-order valence-electron chi connectivity index (χ1n) is 6.93. The number of carbonyl (C=O) groups excluding carboxylic acids is 1. The molecule has 122 valence electrons. The number of benzene rings is 1. The Kier molecular flexibility index (Phi) is 5.06. The number of aromatic hydroxyl groups is 1. The number of Topliss-reactive ketones (excluding diaryl/α,β-unsaturated/α-hetero) is 1. The maximum atomic E-state index is 12.5. The molecule has 7 heteroatoms. The molecule has 5 nitrogen and oxygen atoms in total. The Morgan fingerprint density at radius 3 is 2.52 bits per heavy atom. The molecule has 0 unspecified atom stereocenters. The van der Waals surface area contributed by atoms with Crippen molar-refractivity contribution >= 4 is 27.2 Å². The highest BCUT2D eigenvalue weighted by atomic mass is 35.5. The van der Waals surface area contributed by atoms with E-state index in [2.05, 4.69) is 4.98 Å². The molecule has 0 atom stereocenters. The van der Waals surface area contributed by atoms with Crippen LogP contribution < -0.4 is 0 Å². The highest BCUT2D eigenvalue weighted by Gasteiger charge is 2.17. The summed E-state index contributed by atoms with van der Waals surface area (Å²) in [5, 5.41) is 10.1. The second kappa shape index (κ2) is 6.68. The standard InChI is InChI=1S/C16H16ClNO4S/c1-3-10-4-7-15(17)18-16(10)14(20)9-11-8-12(23(2,21)22)5-6-13(11)19/h4-8,19H,3,9H2,1-2H3. The lowest BCUT2D eigenvalue weighted by Gasteiger charge is -2.09. The average molecular weight is 354 g/mol. The second-order valence-electron chi connectivity index (χ2n) is 5.16. The van der Waals surface area contributed by atoms with Crippen LogP contribution in [0.25, 0.3) is 0 Å². The van der Waals surface area contributed by atoms with Gasteiger partial charge in [0.25, 0.3) is 0 Å². The number of rotatable bonds is 5. The number of aryl methyl sites for hydroxylation is 1. The predicted octanol–water partition coefficient (Wildman–Crippen LogP) is 2.83. The Bertz CT molecular complexity index is 862. The molecule has 0 aliphatic carbocycles. The van der Waals surface area contributed by atoms with Crippen molar-refractivity contribution < 1.29 is 18.3 Å². The van der Waals surface area contributed by atoms with Crippen molar-refractivity contribution in [2.75, 3.05) is 6.26 Å². The molecule has 2 aromatic rings. The van der Waals surface area contributed by atoms with Crippen molar-refractivity contribution in [1.82, 2.24) is 4.98 Å². The molecule has 0 bridgehead atoms. The molecule has 0 fully saturated rings. The van der Waals surface area contributed by atoms with E-state index in [1.165, 1.54) is 18.2 Å². The monoisotopic (exact) mass is 353 g/mol. The lowest BCUT2D eigenvalue weighted by Crippen LogP contribution is -2.10. The Hall–Kier alpha value is -1.92. The van der Waals surface area contributed by atoms with Gasteiger partial charge < -0.3 is 5.11 Å². The molecule has 0 aliphatic rings. The zero-order valence-corrected chi connectivity index (χ0v) is 14.3. The number of phenols is 1. The van der Waals surface area contributed by atoms with Gasteiger partial charge in [-0.3, -0.25) is 4.79 Å². The summed E-state index contributed by atoms with van der Waals surface area (Å²) in [5.41, 5.74) is 1.23. The Morgan fingerprint density at radius 2 is 1.91 bits per heavy atom. The summed E-state index contributed by atoms with van der Waals surface area (Å²) in [7, 11) is -3.42. The van der Waals surface area contributed by atoms with Crippen LogP contribution in [0.4, 0.5) is 0 Å². The summed E-state index contributed by atoms with van der Waals surface area (Å²) in [6.07, 6.45) is 1.52. The smallest absolute Gasteiger partial charge is 0.186 e. The van der Waals surface area contributed by atoms with Crippen molar-refractivity contribution in [1.29, 1.82) is 0 Å². The number of carbonyl (C=O) groups is 1. The van der Waals surface area contributed by atoms with Crippen molar-refractivity contribution in [2.24, 2.45) is 0 Å². The van der Waals surface area contributed by atoms with E-state index < -0.39 is 9.84 Å². The van der Waals surface area contributed by atoms with Gasteiger partial charge in [0.15, 0.2) is 15.6 Å². The second-order valence-corrected chi connectivity index (χ2v) is 7.56. The van der Waals surface area contributed by atoms with Gasteiger partial charge >= 0.3 is 0 Å². The number of hydrogen-bond acceptors (Lipinski definition) is 5. The highest BCUT2D eigenvalue weighted by Crippen LogP contribution is 2.24. The molecule has 0 saturated carbocycles. The Labute approximate surface area is 139 Å². The van der Waals surface area contributed by atoms with E-state index in [4.69, 9.17) is 11.6 Å². The molecule has 1 aromatic heterocycles. The van der Waals surface area contributed by atoms with Gasteiger partial charge in [0.2, 0.25) is 0 Å².